The Kier molecular flexibility index (Phi) is 3.31. The third-order valence-corrected chi connectivity index (χ3v) is 4.61. The van der Waals surface area contributed by atoms with Crippen LogP contribution < -0.4 is 0 Å². The van der Waals surface area contributed by atoms with E-state index >= 15 is 0 Å². The van der Waals surface area contributed by atoms with Crippen molar-refractivity contribution < 1.29 is 9.90 Å². The Balaban J connectivity index is 1.74. The van der Waals surface area contributed by atoms with E-state index in [4.69, 9.17) is 0 Å². The van der Waals surface area contributed by atoms with Gasteiger partial charge < -0.3 is 9.67 Å². The Morgan fingerprint density at radius 1 is 1.53 bits per heavy atom. The summed E-state index contributed by atoms with van der Waals surface area (Å²) in [7, 11) is 0. The summed E-state index contributed by atoms with van der Waals surface area (Å²) < 4.78 is 2.19. The van der Waals surface area contributed by atoms with E-state index in [1.165, 1.54) is 5.69 Å². The van der Waals surface area contributed by atoms with Crippen molar-refractivity contribution in [1.82, 2.24) is 14.5 Å². The zero-order valence-corrected chi connectivity index (χ0v) is 11.3. The molecule has 5 heteroatoms. The van der Waals surface area contributed by atoms with Crippen LogP contribution in [0.25, 0.3) is 0 Å². The molecule has 1 aromatic rings. The fourth-order valence-electron chi connectivity index (χ4n) is 3.72. The Bertz CT molecular complexity index is 471. The molecule has 0 aromatic carbocycles. The van der Waals surface area contributed by atoms with Gasteiger partial charge in [-0.2, -0.15) is 0 Å². The van der Waals surface area contributed by atoms with Gasteiger partial charge in [0.15, 0.2) is 0 Å². The predicted molar refractivity (Wildman–Crippen MR) is 70.6 cm³/mol. The molecule has 3 unspecified atom stereocenters. The number of carbonyl (C=O) groups is 1. The fourth-order valence-corrected chi connectivity index (χ4v) is 3.72. The third-order valence-electron chi connectivity index (χ3n) is 4.61. The van der Waals surface area contributed by atoms with Crippen LogP contribution in [0.15, 0.2) is 12.5 Å². The molecule has 5 nitrogen and oxygen atoms in total. The van der Waals surface area contributed by atoms with Crippen LogP contribution in [0.4, 0.5) is 0 Å². The number of hydrogen-bond donors (Lipinski definition) is 1. The second-order valence-electron chi connectivity index (χ2n) is 5.73. The number of nitrogens with zero attached hydrogens (tertiary/aromatic N) is 3. The first kappa shape index (κ1) is 12.7. The average molecular weight is 263 g/mol. The summed E-state index contributed by atoms with van der Waals surface area (Å²) in [6.07, 6.45) is 7.89. The summed E-state index contributed by atoms with van der Waals surface area (Å²) in [5.41, 5.74) is 1.21. The maximum Gasteiger partial charge on any atom is 0.308 e. The summed E-state index contributed by atoms with van der Waals surface area (Å²) >= 11 is 0. The molecule has 2 aliphatic rings. The quantitative estimate of drug-likeness (QED) is 0.879. The molecule has 2 saturated heterocycles. The molecule has 2 fully saturated rings. The molecule has 19 heavy (non-hydrogen) atoms. The van der Waals surface area contributed by atoms with Crippen molar-refractivity contribution in [2.45, 2.75) is 57.8 Å². The van der Waals surface area contributed by atoms with Crippen LogP contribution in [-0.2, 0) is 17.9 Å². The Morgan fingerprint density at radius 3 is 3.05 bits per heavy atom. The van der Waals surface area contributed by atoms with Crippen molar-refractivity contribution in [1.29, 1.82) is 0 Å². The summed E-state index contributed by atoms with van der Waals surface area (Å²) in [5, 5.41) is 9.27. The Hall–Kier alpha value is -1.36. The summed E-state index contributed by atoms with van der Waals surface area (Å²) in [6, 6.07) is 0.684. The molecule has 0 spiro atoms. The summed E-state index contributed by atoms with van der Waals surface area (Å²) in [6.45, 7) is 3.99. The molecule has 3 heterocycles. The third kappa shape index (κ3) is 2.16. The highest BCUT2D eigenvalue weighted by atomic mass is 16.4. The predicted octanol–water partition coefficient (Wildman–Crippen LogP) is 1.73. The topological polar surface area (TPSA) is 58.4 Å². The van der Waals surface area contributed by atoms with Gasteiger partial charge in [0.2, 0.25) is 0 Å². The number of imidazole rings is 1. The molecule has 0 aliphatic carbocycles. The normalized spacial score (nSPS) is 30.1. The molecule has 3 atom stereocenters. The standard InChI is InChI=1S/C14H21N3O2/c1-2-5-16-9-15-7-11(16)8-17-10-3-4-13(17)12(6-10)14(18)19/h7,9-10,12-13H,2-6,8H2,1H3,(H,18,19). The Labute approximate surface area is 113 Å². The number of hydrogen-bond acceptors (Lipinski definition) is 3. The van der Waals surface area contributed by atoms with Crippen LogP contribution >= 0.6 is 0 Å². The molecular weight excluding hydrogens is 242 g/mol. The van der Waals surface area contributed by atoms with Gasteiger partial charge in [-0.15, -0.1) is 0 Å². The van der Waals surface area contributed by atoms with E-state index < -0.39 is 5.97 Å². The second-order valence-corrected chi connectivity index (χ2v) is 5.73. The van der Waals surface area contributed by atoms with Crippen molar-refractivity contribution >= 4 is 5.97 Å². The smallest absolute Gasteiger partial charge is 0.308 e. The van der Waals surface area contributed by atoms with Crippen molar-refractivity contribution in [2.75, 3.05) is 0 Å². The number of carboxylic acid groups (broad SMARTS) is 1. The van der Waals surface area contributed by atoms with Gasteiger partial charge in [-0.1, -0.05) is 6.92 Å². The lowest BCUT2D eigenvalue weighted by molar-refractivity contribution is -0.142. The Morgan fingerprint density at radius 2 is 2.37 bits per heavy atom. The van der Waals surface area contributed by atoms with E-state index in [9.17, 15) is 9.90 Å². The monoisotopic (exact) mass is 263 g/mol. The van der Waals surface area contributed by atoms with Crippen LogP contribution in [0, 0.1) is 5.92 Å². The van der Waals surface area contributed by atoms with Crippen LogP contribution in [0.3, 0.4) is 0 Å². The minimum Gasteiger partial charge on any atom is -0.481 e. The van der Waals surface area contributed by atoms with Crippen LogP contribution in [0.5, 0.6) is 0 Å². The maximum atomic E-state index is 11.3. The number of aliphatic carboxylic acids is 1. The molecule has 0 radical (unpaired) electrons. The highest BCUT2D eigenvalue weighted by Gasteiger charge is 2.49. The minimum absolute atomic E-state index is 0.165. The lowest BCUT2D eigenvalue weighted by Gasteiger charge is -2.23. The van der Waals surface area contributed by atoms with Gasteiger partial charge in [0.25, 0.3) is 0 Å². The van der Waals surface area contributed by atoms with E-state index in [-0.39, 0.29) is 12.0 Å². The van der Waals surface area contributed by atoms with Gasteiger partial charge in [0.05, 0.1) is 17.9 Å². The summed E-state index contributed by atoms with van der Waals surface area (Å²) in [5.74, 6) is -0.791. The van der Waals surface area contributed by atoms with Crippen molar-refractivity contribution in [3.8, 4) is 0 Å². The summed E-state index contributed by atoms with van der Waals surface area (Å²) in [4.78, 5) is 17.9. The van der Waals surface area contributed by atoms with Crippen LogP contribution in [0.1, 0.15) is 38.3 Å². The first-order valence-electron chi connectivity index (χ1n) is 7.18. The molecule has 0 saturated carbocycles. The maximum absolute atomic E-state index is 11.3. The molecule has 0 amide bonds. The number of rotatable bonds is 5. The molecule has 2 aliphatic heterocycles. The fraction of sp³-hybridized carbons (Fsp3) is 0.714. The van der Waals surface area contributed by atoms with E-state index in [0.717, 1.165) is 38.8 Å². The number of aromatic nitrogens is 2. The van der Waals surface area contributed by atoms with Gasteiger partial charge in [0, 0.05) is 31.4 Å². The van der Waals surface area contributed by atoms with E-state index in [0.29, 0.717) is 6.04 Å². The zero-order chi connectivity index (χ0) is 13.4. The first-order valence-corrected chi connectivity index (χ1v) is 7.18. The highest BCUT2D eigenvalue weighted by molar-refractivity contribution is 5.71. The van der Waals surface area contributed by atoms with Gasteiger partial charge in [-0.05, 0) is 25.7 Å². The number of fused-ring (bicyclic) bond motifs is 2. The van der Waals surface area contributed by atoms with E-state index in [2.05, 4.69) is 21.4 Å². The lowest BCUT2D eigenvalue weighted by Crippen LogP contribution is -2.33. The van der Waals surface area contributed by atoms with Crippen LogP contribution in [0.2, 0.25) is 0 Å². The van der Waals surface area contributed by atoms with Gasteiger partial charge >= 0.3 is 5.97 Å². The molecule has 1 N–H and O–H groups in total. The van der Waals surface area contributed by atoms with E-state index in [1.807, 2.05) is 12.5 Å². The van der Waals surface area contributed by atoms with Gasteiger partial charge in [-0.3, -0.25) is 9.69 Å². The second kappa shape index (κ2) is 4.96. The first-order chi connectivity index (χ1) is 9.20. The van der Waals surface area contributed by atoms with Crippen molar-refractivity contribution in [3.63, 3.8) is 0 Å². The average Bonchev–Trinajstić information content (AvgIpc) is 3.07. The molecule has 2 bridgehead atoms. The van der Waals surface area contributed by atoms with Gasteiger partial charge in [-0.25, -0.2) is 4.98 Å². The number of carboxylic acids is 1. The number of aryl methyl sites for hydroxylation is 1. The van der Waals surface area contributed by atoms with Crippen molar-refractivity contribution in [3.05, 3.63) is 18.2 Å². The largest absolute Gasteiger partial charge is 0.481 e. The SMILES string of the molecule is CCCn1cncc1CN1C2CCC1C(C(=O)O)C2. The van der Waals surface area contributed by atoms with E-state index in [1.54, 1.807) is 0 Å². The molecule has 3 rings (SSSR count). The molecule has 1 aromatic heterocycles. The minimum atomic E-state index is -0.626. The lowest BCUT2D eigenvalue weighted by atomic mass is 9.89. The van der Waals surface area contributed by atoms with Gasteiger partial charge in [0.1, 0.15) is 0 Å². The molecular formula is C14H21N3O2. The van der Waals surface area contributed by atoms with Crippen LogP contribution in [-0.4, -0.2) is 37.6 Å². The highest BCUT2D eigenvalue weighted by Crippen LogP contribution is 2.42. The molecule has 104 valence electrons. The zero-order valence-electron chi connectivity index (χ0n) is 11.3. The van der Waals surface area contributed by atoms with Crippen molar-refractivity contribution in [2.24, 2.45) is 5.92 Å².